The van der Waals surface area contributed by atoms with Crippen LogP contribution in [0.5, 0.6) is 11.5 Å². The second-order valence-electron chi connectivity index (χ2n) is 25.0. The lowest BCUT2D eigenvalue weighted by molar-refractivity contribution is -0.00120. The molecule has 0 saturated carbocycles. The molecule has 0 atom stereocenters. The molecule has 0 fully saturated rings. The van der Waals surface area contributed by atoms with Gasteiger partial charge in [-0.05, 0) is 112 Å². The van der Waals surface area contributed by atoms with Crippen LogP contribution in [-0.4, -0.2) is 142 Å². The van der Waals surface area contributed by atoms with Gasteiger partial charge in [-0.25, -0.2) is 0 Å². The molecule has 2 N–H and O–H groups in total. The van der Waals surface area contributed by atoms with Crippen LogP contribution in [0.25, 0.3) is 0 Å². The fourth-order valence-electron chi connectivity index (χ4n) is 10.1. The molecule has 0 unspecified atom stereocenters. The van der Waals surface area contributed by atoms with E-state index in [1.54, 1.807) is 0 Å². The summed E-state index contributed by atoms with van der Waals surface area (Å²) in [5.74, 6) is 1.80. The Morgan fingerprint density at radius 2 is 0.551 bits per heavy atom. The van der Waals surface area contributed by atoms with Gasteiger partial charge in [0.05, 0.1) is 119 Å². The summed E-state index contributed by atoms with van der Waals surface area (Å²) in [6, 6.07) is 19.4. The number of aliphatic hydroxyl groups is 2. The minimum atomic E-state index is -0.165. The summed E-state index contributed by atoms with van der Waals surface area (Å²) < 4.78 is 62.3. The fourth-order valence-corrected chi connectivity index (χ4v) is 10.1. The summed E-state index contributed by atoms with van der Waals surface area (Å²) in [4.78, 5) is 0. The molecule has 4 aromatic carbocycles. The van der Waals surface area contributed by atoms with Gasteiger partial charge >= 0.3 is 0 Å². The van der Waals surface area contributed by atoms with Gasteiger partial charge in [0, 0.05) is 25.7 Å². The Labute approximate surface area is 469 Å². The van der Waals surface area contributed by atoms with Crippen LogP contribution in [0, 0.1) is 0 Å². The van der Waals surface area contributed by atoms with Crippen LogP contribution in [0.15, 0.2) is 48.5 Å². The monoisotopic (exact) mass is 1080 g/mol. The predicted octanol–water partition coefficient (Wildman–Crippen LogP) is 10.5. The Bertz CT molecular complexity index is 2200. The molecule has 0 amide bonds. The molecule has 0 aromatic heterocycles. The summed E-state index contributed by atoms with van der Waals surface area (Å²) >= 11 is 0. The second kappa shape index (κ2) is 30.2. The Hall–Kier alpha value is -3.92. The van der Waals surface area contributed by atoms with Crippen LogP contribution in [0.4, 0.5) is 0 Å². The third-order valence-electron chi connectivity index (χ3n) is 14.6. The van der Waals surface area contributed by atoms with Crippen molar-refractivity contribution in [1.29, 1.82) is 0 Å². The molecule has 0 radical (unpaired) electrons. The zero-order valence-corrected chi connectivity index (χ0v) is 50.0. The van der Waals surface area contributed by atoms with Crippen LogP contribution in [0.3, 0.4) is 0 Å². The average molecular weight is 1080 g/mol. The molecular weight excluding hydrogens is 985 g/mol. The molecule has 12 heteroatoms. The van der Waals surface area contributed by atoms with Gasteiger partial charge in [-0.1, -0.05) is 132 Å². The van der Waals surface area contributed by atoms with E-state index in [-0.39, 0.29) is 48.1 Å². The largest absolute Gasteiger partial charge is 0.491 e. The van der Waals surface area contributed by atoms with Gasteiger partial charge in [-0.3, -0.25) is 0 Å². The molecule has 78 heavy (non-hydrogen) atoms. The van der Waals surface area contributed by atoms with Crippen molar-refractivity contribution in [3.63, 3.8) is 0 Å². The molecule has 1 heterocycles. The first-order chi connectivity index (χ1) is 37.2. The molecule has 4 aromatic rings. The zero-order chi connectivity index (χ0) is 56.4. The highest BCUT2D eigenvalue weighted by molar-refractivity contribution is 5.58. The van der Waals surface area contributed by atoms with Crippen molar-refractivity contribution in [2.45, 2.75) is 143 Å². The van der Waals surface area contributed by atoms with Crippen LogP contribution >= 0.6 is 0 Å². The molecule has 1 aliphatic heterocycles. The third-order valence-corrected chi connectivity index (χ3v) is 14.6. The van der Waals surface area contributed by atoms with Gasteiger partial charge in [0.25, 0.3) is 0 Å². The Kier molecular flexibility index (Phi) is 24.5. The van der Waals surface area contributed by atoms with Gasteiger partial charge in [0.15, 0.2) is 0 Å². The molecule has 0 spiro atoms. The topological polar surface area (TPSA) is 133 Å². The van der Waals surface area contributed by atoms with E-state index in [1.807, 2.05) is 0 Å². The Morgan fingerprint density at radius 3 is 0.808 bits per heavy atom. The number of hydrogen-bond acceptors (Lipinski definition) is 12. The predicted molar refractivity (Wildman–Crippen MR) is 311 cm³/mol. The zero-order valence-electron chi connectivity index (χ0n) is 50.0. The number of rotatable bonds is 18. The van der Waals surface area contributed by atoms with E-state index in [2.05, 4.69) is 132 Å². The minimum absolute atomic E-state index is 0.0197. The number of benzene rings is 4. The van der Waals surface area contributed by atoms with Crippen LogP contribution in [0.2, 0.25) is 0 Å². The molecule has 434 valence electrons. The summed E-state index contributed by atoms with van der Waals surface area (Å²) in [5.41, 5.74) is 16.5. The number of fused-ring (bicyclic) bond motifs is 2. The lowest BCUT2D eigenvalue weighted by Crippen LogP contribution is -2.19. The SMILES string of the molecule is CC(C)(C)c1cc2c3c(c1)Cc1cc(C(C)(C)C)cc(c1OCCOCCOCCO)Cc1cc(C(C)(C)C)cc(c1CCOCCOCCOCCOCC3)Cc1cc(C(C)(C)C)cc(c1OCCOCCOCCO)C2. The Morgan fingerprint density at radius 1 is 0.321 bits per heavy atom. The maximum atomic E-state index is 9.25. The standard InChI is InChI=1S/C66H98O12/c1-63(2,3)55-39-47-35-51-43-57(65(7,8)9)45-53(61(51)77-33-31-75-27-23-71-19-15-67)37-49-41-56(64(4,5)6)42-50-38-54-46-58(66(10,11)12)44-52(62(54)78-34-32-76-28-24-72-20-16-68)36-48(40-55)59(47)13-17-69-21-25-73-29-30-74-26-22-70-18-14-60(49)50/h39-46,67-68H,13-38H2,1-12H3. The summed E-state index contributed by atoms with van der Waals surface area (Å²) in [5, 5.41) is 18.5. The van der Waals surface area contributed by atoms with Crippen molar-refractivity contribution in [3.8, 4) is 11.5 Å². The number of ether oxygens (including phenoxy) is 10. The van der Waals surface area contributed by atoms with Gasteiger partial charge in [0.1, 0.15) is 24.7 Å². The molecule has 6 rings (SSSR count). The van der Waals surface area contributed by atoms with Gasteiger partial charge in [0.2, 0.25) is 0 Å². The Balaban J connectivity index is 1.68. The first kappa shape index (κ1) is 63.3. The highest BCUT2D eigenvalue weighted by Gasteiger charge is 2.29. The van der Waals surface area contributed by atoms with Crippen molar-refractivity contribution in [2.24, 2.45) is 0 Å². The summed E-state index contributed by atoms with van der Waals surface area (Å²) in [6.45, 7) is 35.3. The van der Waals surface area contributed by atoms with Crippen molar-refractivity contribution >= 4 is 0 Å². The highest BCUT2D eigenvalue weighted by Crippen LogP contribution is 2.42. The smallest absolute Gasteiger partial charge is 0.126 e. The van der Waals surface area contributed by atoms with E-state index in [0.717, 1.165) is 33.8 Å². The van der Waals surface area contributed by atoms with Crippen LogP contribution in [0.1, 0.15) is 161 Å². The highest BCUT2D eigenvalue weighted by atomic mass is 16.6. The number of hydrogen-bond donors (Lipinski definition) is 2. The second-order valence-corrected chi connectivity index (χ2v) is 25.0. The van der Waals surface area contributed by atoms with Crippen LogP contribution < -0.4 is 9.47 Å². The average Bonchev–Trinajstić information content (AvgIpc) is 3.37. The molecule has 2 aliphatic rings. The first-order valence-electron chi connectivity index (χ1n) is 28.9. The quantitative estimate of drug-likeness (QED) is 0.0810. The summed E-state index contributed by atoms with van der Waals surface area (Å²) in [6.07, 6.45) is 3.96. The maximum Gasteiger partial charge on any atom is 0.126 e. The van der Waals surface area contributed by atoms with Crippen molar-refractivity contribution < 1.29 is 57.6 Å². The summed E-state index contributed by atoms with van der Waals surface area (Å²) in [7, 11) is 0. The van der Waals surface area contributed by atoms with E-state index >= 15 is 0 Å². The van der Waals surface area contributed by atoms with Crippen molar-refractivity contribution in [2.75, 3.05) is 132 Å². The molecule has 0 saturated heterocycles. The van der Waals surface area contributed by atoms with E-state index in [1.165, 1.54) is 55.6 Å². The minimum Gasteiger partial charge on any atom is -0.491 e. The van der Waals surface area contributed by atoms with E-state index in [9.17, 15) is 10.2 Å². The van der Waals surface area contributed by atoms with Gasteiger partial charge in [-0.2, -0.15) is 0 Å². The molecular formula is C66H98O12. The first-order valence-corrected chi connectivity index (χ1v) is 28.9. The molecule has 1 aliphatic carbocycles. The van der Waals surface area contributed by atoms with E-state index in [4.69, 9.17) is 47.4 Å². The lowest BCUT2D eigenvalue weighted by atomic mass is 9.77. The molecule has 10 bridgehead atoms. The van der Waals surface area contributed by atoms with E-state index in [0.29, 0.717) is 144 Å². The lowest BCUT2D eigenvalue weighted by Gasteiger charge is -2.29. The molecule has 12 nitrogen and oxygen atoms in total. The van der Waals surface area contributed by atoms with Crippen molar-refractivity contribution in [3.05, 3.63) is 126 Å². The van der Waals surface area contributed by atoms with Crippen LogP contribution in [-0.2, 0) is 98.1 Å². The van der Waals surface area contributed by atoms with Gasteiger partial charge < -0.3 is 57.6 Å². The third kappa shape index (κ3) is 19.4. The van der Waals surface area contributed by atoms with Gasteiger partial charge in [-0.15, -0.1) is 0 Å². The van der Waals surface area contributed by atoms with Crippen molar-refractivity contribution in [1.82, 2.24) is 0 Å². The normalized spacial score (nSPS) is 15.7. The number of aliphatic hydroxyl groups excluding tert-OH is 2. The fraction of sp³-hybridized carbons (Fsp3) is 0.636. The maximum absolute atomic E-state index is 9.25. The van der Waals surface area contributed by atoms with E-state index < -0.39 is 0 Å².